The van der Waals surface area contributed by atoms with E-state index in [1.807, 2.05) is 37.4 Å². The molecular weight excluding hydrogens is 212 g/mol. The highest BCUT2D eigenvalue weighted by Crippen LogP contribution is 2.07. The molecule has 0 fully saturated rings. The van der Waals surface area contributed by atoms with Crippen LogP contribution in [0.15, 0.2) is 59.5 Å². The number of oxazole rings is 1. The molecule has 0 radical (unpaired) electrons. The van der Waals surface area contributed by atoms with E-state index in [1.54, 1.807) is 12.5 Å². The lowest BCUT2D eigenvalue weighted by molar-refractivity contribution is 0.501. The number of aromatic nitrogens is 2. The number of fused-ring (bicyclic) bond motifs is 1. The maximum atomic E-state index is 4.87. The first kappa shape index (κ1) is 11.3. The van der Waals surface area contributed by atoms with E-state index in [2.05, 4.69) is 22.1 Å². The summed E-state index contributed by atoms with van der Waals surface area (Å²) in [6, 6.07) is 12.1. The first-order chi connectivity index (χ1) is 8.40. The summed E-state index contributed by atoms with van der Waals surface area (Å²) in [6.45, 7) is 2.01. The predicted octanol–water partition coefficient (Wildman–Crippen LogP) is 3.47. The molecule has 3 aromatic rings. The van der Waals surface area contributed by atoms with Gasteiger partial charge in [-0.2, -0.15) is 0 Å². The number of aryl methyl sites for hydroxylation is 1. The minimum Gasteiger partial charge on any atom is -0.449 e. The third-order valence-electron chi connectivity index (χ3n) is 2.30. The molecule has 0 unspecified atom stereocenters. The Bertz CT molecular complexity index is 496. The third kappa shape index (κ3) is 3.14. The Kier molecular flexibility index (Phi) is 3.86. The van der Waals surface area contributed by atoms with Crippen molar-refractivity contribution in [3.63, 3.8) is 0 Å². The van der Waals surface area contributed by atoms with Crippen molar-refractivity contribution in [2.24, 2.45) is 0 Å². The maximum absolute atomic E-state index is 4.87. The summed E-state index contributed by atoms with van der Waals surface area (Å²) in [5.74, 6) is 0.806. The minimum absolute atomic E-state index is 0.806. The molecule has 2 aromatic heterocycles. The van der Waals surface area contributed by atoms with E-state index < -0.39 is 0 Å². The van der Waals surface area contributed by atoms with Gasteiger partial charge in [-0.05, 0) is 12.1 Å². The molecule has 0 atom stereocenters. The van der Waals surface area contributed by atoms with Crippen LogP contribution in [-0.4, -0.2) is 9.97 Å². The van der Waals surface area contributed by atoms with Crippen molar-refractivity contribution in [1.82, 2.24) is 9.97 Å². The van der Waals surface area contributed by atoms with Crippen LogP contribution in [0.1, 0.15) is 12.8 Å². The second kappa shape index (κ2) is 5.80. The van der Waals surface area contributed by atoms with E-state index >= 15 is 0 Å². The van der Waals surface area contributed by atoms with Gasteiger partial charge in [-0.25, -0.2) is 4.98 Å². The highest BCUT2D eigenvalue weighted by atomic mass is 16.3. The largest absolute Gasteiger partial charge is 0.449 e. The summed E-state index contributed by atoms with van der Waals surface area (Å²) in [5.41, 5.74) is 1.06. The second-order valence-electron chi connectivity index (χ2n) is 3.48. The van der Waals surface area contributed by atoms with Gasteiger partial charge in [0.1, 0.15) is 6.26 Å². The zero-order chi connectivity index (χ0) is 11.9. The van der Waals surface area contributed by atoms with Crippen molar-refractivity contribution in [1.29, 1.82) is 0 Å². The molecule has 3 heteroatoms. The van der Waals surface area contributed by atoms with E-state index in [1.165, 1.54) is 5.39 Å². The van der Waals surface area contributed by atoms with E-state index in [0.717, 1.165) is 17.8 Å². The van der Waals surface area contributed by atoms with Gasteiger partial charge >= 0.3 is 0 Å². The molecule has 0 aliphatic rings. The van der Waals surface area contributed by atoms with Gasteiger partial charge < -0.3 is 4.42 Å². The lowest BCUT2D eigenvalue weighted by atomic mass is 10.2. The second-order valence-corrected chi connectivity index (χ2v) is 3.48. The third-order valence-corrected chi connectivity index (χ3v) is 2.30. The highest BCUT2D eigenvalue weighted by molar-refractivity contribution is 5.77. The molecule has 0 bridgehead atoms. The van der Waals surface area contributed by atoms with Crippen molar-refractivity contribution >= 4 is 10.9 Å². The first-order valence-electron chi connectivity index (χ1n) is 5.58. The Hall–Kier alpha value is -2.16. The molecule has 0 aliphatic heterocycles. The van der Waals surface area contributed by atoms with Gasteiger partial charge in [-0.3, -0.25) is 4.98 Å². The maximum Gasteiger partial charge on any atom is 0.193 e. The van der Waals surface area contributed by atoms with E-state index in [0.29, 0.717) is 0 Å². The van der Waals surface area contributed by atoms with Crippen LogP contribution in [0.25, 0.3) is 10.9 Å². The molecule has 0 N–H and O–H groups in total. The molecular formula is C14H14N2O. The average Bonchev–Trinajstić information content (AvgIpc) is 2.93. The van der Waals surface area contributed by atoms with E-state index in [4.69, 9.17) is 4.42 Å². The van der Waals surface area contributed by atoms with Gasteiger partial charge in [0, 0.05) is 18.0 Å². The highest BCUT2D eigenvalue weighted by Gasteiger charge is 1.87. The molecule has 0 saturated carbocycles. The summed E-state index contributed by atoms with van der Waals surface area (Å²) in [6.07, 6.45) is 5.92. The molecule has 0 saturated heterocycles. The number of pyridine rings is 1. The number of hydrogen-bond acceptors (Lipinski definition) is 3. The van der Waals surface area contributed by atoms with E-state index in [9.17, 15) is 0 Å². The van der Waals surface area contributed by atoms with Crippen molar-refractivity contribution in [2.75, 3.05) is 0 Å². The Labute approximate surface area is 100 Å². The lowest BCUT2D eigenvalue weighted by Gasteiger charge is -1.91. The molecule has 0 amide bonds. The number of hydrogen-bond donors (Lipinski definition) is 0. The fourth-order valence-electron chi connectivity index (χ4n) is 1.44. The van der Waals surface area contributed by atoms with Crippen LogP contribution in [0.2, 0.25) is 0 Å². The molecule has 17 heavy (non-hydrogen) atoms. The monoisotopic (exact) mass is 226 g/mol. The smallest absolute Gasteiger partial charge is 0.193 e. The van der Waals surface area contributed by atoms with Crippen LogP contribution >= 0.6 is 0 Å². The topological polar surface area (TPSA) is 38.9 Å². The van der Waals surface area contributed by atoms with Crippen molar-refractivity contribution in [3.05, 3.63) is 60.9 Å². The normalized spacial score (nSPS) is 9.71. The van der Waals surface area contributed by atoms with Crippen LogP contribution in [0.3, 0.4) is 0 Å². The Balaban J connectivity index is 0.000000136. The number of nitrogens with zero attached hydrogens (tertiary/aromatic N) is 2. The van der Waals surface area contributed by atoms with Gasteiger partial charge in [-0.1, -0.05) is 31.2 Å². The van der Waals surface area contributed by atoms with Crippen LogP contribution in [0, 0.1) is 0 Å². The van der Waals surface area contributed by atoms with Gasteiger partial charge in [0.2, 0.25) is 0 Å². The average molecular weight is 226 g/mol. The van der Waals surface area contributed by atoms with E-state index in [-0.39, 0.29) is 0 Å². The summed E-state index contributed by atoms with van der Waals surface area (Å²) in [7, 11) is 0. The summed E-state index contributed by atoms with van der Waals surface area (Å²) in [5, 5.41) is 1.20. The SMILES string of the molecule is CCc1ncco1.c1ccc2ncccc2c1. The fraction of sp³-hybridized carbons (Fsp3) is 0.143. The molecule has 0 aliphatic carbocycles. The summed E-state index contributed by atoms with van der Waals surface area (Å²) >= 11 is 0. The number of rotatable bonds is 1. The summed E-state index contributed by atoms with van der Waals surface area (Å²) < 4.78 is 4.87. The molecule has 3 rings (SSSR count). The van der Waals surface area contributed by atoms with Crippen molar-refractivity contribution in [2.45, 2.75) is 13.3 Å². The quantitative estimate of drug-likeness (QED) is 0.637. The molecule has 3 nitrogen and oxygen atoms in total. The van der Waals surface area contributed by atoms with Crippen molar-refractivity contribution in [3.8, 4) is 0 Å². The predicted molar refractivity (Wildman–Crippen MR) is 67.6 cm³/mol. The molecule has 86 valence electrons. The summed E-state index contributed by atoms with van der Waals surface area (Å²) in [4.78, 5) is 8.05. The fourth-order valence-corrected chi connectivity index (χ4v) is 1.44. The van der Waals surface area contributed by atoms with Crippen LogP contribution in [-0.2, 0) is 6.42 Å². The molecule has 0 spiro atoms. The van der Waals surface area contributed by atoms with Gasteiger partial charge in [0.25, 0.3) is 0 Å². The molecule has 1 aromatic carbocycles. The molecule has 2 heterocycles. The number of benzene rings is 1. The number of para-hydroxylation sites is 1. The van der Waals surface area contributed by atoms with Gasteiger partial charge in [0.05, 0.1) is 11.7 Å². The Morgan fingerprint density at radius 1 is 1.00 bits per heavy atom. The lowest BCUT2D eigenvalue weighted by Crippen LogP contribution is -1.73. The minimum atomic E-state index is 0.806. The Morgan fingerprint density at radius 2 is 1.82 bits per heavy atom. The van der Waals surface area contributed by atoms with Gasteiger partial charge in [0.15, 0.2) is 5.89 Å². The van der Waals surface area contributed by atoms with Gasteiger partial charge in [-0.15, -0.1) is 0 Å². The zero-order valence-corrected chi connectivity index (χ0v) is 9.71. The first-order valence-corrected chi connectivity index (χ1v) is 5.58. The van der Waals surface area contributed by atoms with Crippen LogP contribution in [0.5, 0.6) is 0 Å². The Morgan fingerprint density at radius 3 is 2.47 bits per heavy atom. The van der Waals surface area contributed by atoms with Crippen molar-refractivity contribution < 1.29 is 4.42 Å². The van der Waals surface area contributed by atoms with Crippen LogP contribution in [0.4, 0.5) is 0 Å². The zero-order valence-electron chi connectivity index (χ0n) is 9.71. The standard InChI is InChI=1S/C9H7N.C5H7NO/c1-2-6-9-8(4-1)5-3-7-10-9;1-2-5-6-3-4-7-5/h1-7H;3-4H,2H2,1H3. The van der Waals surface area contributed by atoms with Crippen LogP contribution < -0.4 is 0 Å².